The summed E-state index contributed by atoms with van der Waals surface area (Å²) in [6, 6.07) is 8.16. The van der Waals surface area contributed by atoms with E-state index in [2.05, 4.69) is 29.1 Å². The van der Waals surface area contributed by atoms with Crippen molar-refractivity contribution in [1.29, 1.82) is 0 Å². The molecule has 0 spiro atoms. The van der Waals surface area contributed by atoms with Gasteiger partial charge in [0.15, 0.2) is 0 Å². The van der Waals surface area contributed by atoms with E-state index in [9.17, 15) is 18.4 Å². The zero-order valence-corrected chi connectivity index (χ0v) is 25.7. The van der Waals surface area contributed by atoms with Crippen LogP contribution >= 0.6 is 0 Å². The Morgan fingerprint density at radius 2 is 1.64 bits per heavy atom. The molecule has 0 saturated heterocycles. The Balaban J connectivity index is 2.27. The Morgan fingerprint density at radius 3 is 2.24 bits per heavy atom. The SMILES string of the molecule is C=CNC(/C=C(\C)CC)=NCCCC(Cc1cc(F)cc(F)c1)NC(=O)c1cc(C)cc(C(=O)N(CCC)CCC)c1. The molecule has 2 aromatic rings. The number of aryl methyl sites for hydroxylation is 1. The van der Waals surface area contributed by atoms with E-state index in [0.29, 0.717) is 55.0 Å². The smallest absolute Gasteiger partial charge is 0.253 e. The van der Waals surface area contributed by atoms with Gasteiger partial charge in [-0.15, -0.1) is 0 Å². The maximum absolute atomic E-state index is 13.9. The maximum atomic E-state index is 13.9. The van der Waals surface area contributed by atoms with Gasteiger partial charge in [-0.05, 0) is 106 Å². The molecule has 8 heteroatoms. The topological polar surface area (TPSA) is 73.8 Å². The Kier molecular flexibility index (Phi) is 14.6. The van der Waals surface area contributed by atoms with Gasteiger partial charge in [0.25, 0.3) is 11.8 Å². The second kappa shape index (κ2) is 17.9. The summed E-state index contributed by atoms with van der Waals surface area (Å²) in [5, 5.41) is 6.09. The zero-order chi connectivity index (χ0) is 31.1. The fraction of sp³-hybridized carbons (Fsp3) is 0.441. The van der Waals surface area contributed by atoms with Crippen molar-refractivity contribution in [3.63, 3.8) is 0 Å². The predicted octanol–water partition coefficient (Wildman–Crippen LogP) is 7.14. The number of amidine groups is 1. The highest BCUT2D eigenvalue weighted by atomic mass is 19.1. The average Bonchev–Trinajstić information content (AvgIpc) is 2.93. The summed E-state index contributed by atoms with van der Waals surface area (Å²) in [5.74, 6) is -1.07. The van der Waals surface area contributed by atoms with Crippen molar-refractivity contribution in [2.75, 3.05) is 19.6 Å². The summed E-state index contributed by atoms with van der Waals surface area (Å²) >= 11 is 0. The molecule has 2 rings (SSSR count). The van der Waals surface area contributed by atoms with Gasteiger partial charge in [0.05, 0.1) is 0 Å². The van der Waals surface area contributed by atoms with Gasteiger partial charge in [-0.3, -0.25) is 14.6 Å². The van der Waals surface area contributed by atoms with Crippen LogP contribution in [0, 0.1) is 18.6 Å². The third kappa shape index (κ3) is 11.6. The molecule has 0 fully saturated rings. The predicted molar refractivity (Wildman–Crippen MR) is 168 cm³/mol. The summed E-state index contributed by atoms with van der Waals surface area (Å²) in [6.07, 6.45) is 7.54. The Hall–Kier alpha value is -3.81. The van der Waals surface area contributed by atoms with E-state index >= 15 is 0 Å². The Labute approximate surface area is 250 Å². The number of allylic oxidation sites excluding steroid dienone is 1. The van der Waals surface area contributed by atoms with Crippen LogP contribution in [0.5, 0.6) is 0 Å². The van der Waals surface area contributed by atoms with E-state index in [-0.39, 0.29) is 18.2 Å². The molecule has 0 heterocycles. The first-order valence-electron chi connectivity index (χ1n) is 14.9. The molecule has 0 aromatic heterocycles. The minimum Gasteiger partial charge on any atom is -0.349 e. The molecule has 0 aliphatic rings. The maximum Gasteiger partial charge on any atom is 0.253 e. The Bertz CT molecular complexity index is 1250. The molecular formula is C34H46F2N4O2. The second-order valence-corrected chi connectivity index (χ2v) is 10.6. The minimum absolute atomic E-state index is 0.0996. The van der Waals surface area contributed by atoms with E-state index < -0.39 is 17.7 Å². The van der Waals surface area contributed by atoms with Gasteiger partial charge in [-0.2, -0.15) is 0 Å². The normalized spacial score (nSPS) is 12.5. The van der Waals surface area contributed by atoms with Crippen LogP contribution in [-0.4, -0.2) is 48.2 Å². The lowest BCUT2D eigenvalue weighted by molar-refractivity contribution is 0.0755. The van der Waals surface area contributed by atoms with Crippen molar-refractivity contribution in [1.82, 2.24) is 15.5 Å². The van der Waals surface area contributed by atoms with Crippen molar-refractivity contribution in [2.45, 2.75) is 79.2 Å². The minimum atomic E-state index is -0.663. The first-order valence-corrected chi connectivity index (χ1v) is 14.9. The number of benzene rings is 2. The van der Waals surface area contributed by atoms with Gasteiger partial charge >= 0.3 is 0 Å². The zero-order valence-electron chi connectivity index (χ0n) is 25.7. The fourth-order valence-corrected chi connectivity index (χ4v) is 4.69. The van der Waals surface area contributed by atoms with Crippen LogP contribution in [-0.2, 0) is 6.42 Å². The van der Waals surface area contributed by atoms with Crippen molar-refractivity contribution in [3.05, 3.63) is 94.7 Å². The van der Waals surface area contributed by atoms with Gasteiger partial charge in [-0.1, -0.05) is 32.9 Å². The fourth-order valence-electron chi connectivity index (χ4n) is 4.69. The lowest BCUT2D eigenvalue weighted by atomic mass is 10.00. The summed E-state index contributed by atoms with van der Waals surface area (Å²) in [6.45, 7) is 15.5. The first kappa shape index (κ1) is 34.4. The molecule has 228 valence electrons. The number of carbonyl (C=O) groups excluding carboxylic acids is 2. The van der Waals surface area contributed by atoms with Gasteiger partial charge in [0.2, 0.25) is 0 Å². The van der Waals surface area contributed by atoms with Crippen LogP contribution in [0.2, 0.25) is 0 Å². The second-order valence-electron chi connectivity index (χ2n) is 10.6. The summed E-state index contributed by atoms with van der Waals surface area (Å²) < 4.78 is 27.9. The number of amides is 2. The van der Waals surface area contributed by atoms with Crippen LogP contribution in [0.3, 0.4) is 0 Å². The number of nitrogens with one attached hydrogen (secondary N) is 2. The van der Waals surface area contributed by atoms with Gasteiger partial charge in [0, 0.05) is 42.9 Å². The molecule has 0 saturated carbocycles. The molecular weight excluding hydrogens is 534 g/mol. The monoisotopic (exact) mass is 580 g/mol. The van der Waals surface area contributed by atoms with E-state index in [1.807, 2.05) is 38.7 Å². The van der Waals surface area contributed by atoms with Crippen LogP contribution in [0.4, 0.5) is 8.78 Å². The third-order valence-electron chi connectivity index (χ3n) is 6.78. The molecule has 0 radical (unpaired) electrons. The van der Waals surface area contributed by atoms with Crippen LogP contribution < -0.4 is 10.6 Å². The van der Waals surface area contributed by atoms with Gasteiger partial charge < -0.3 is 15.5 Å². The molecule has 2 aromatic carbocycles. The molecule has 0 bridgehead atoms. The number of hydrogen-bond donors (Lipinski definition) is 2. The number of rotatable bonds is 16. The molecule has 0 aliphatic heterocycles. The molecule has 6 nitrogen and oxygen atoms in total. The third-order valence-corrected chi connectivity index (χ3v) is 6.78. The summed E-state index contributed by atoms with van der Waals surface area (Å²) in [7, 11) is 0. The molecule has 2 N–H and O–H groups in total. The highest BCUT2D eigenvalue weighted by Gasteiger charge is 2.20. The summed E-state index contributed by atoms with van der Waals surface area (Å²) in [5.41, 5.74) is 3.27. The molecule has 0 aliphatic carbocycles. The number of carbonyl (C=O) groups is 2. The molecule has 2 amide bonds. The highest BCUT2D eigenvalue weighted by molar-refractivity contribution is 6.00. The van der Waals surface area contributed by atoms with Gasteiger partial charge in [-0.25, -0.2) is 8.78 Å². The van der Waals surface area contributed by atoms with Crippen LogP contribution in [0.1, 0.15) is 91.6 Å². The number of hydrogen-bond acceptors (Lipinski definition) is 3. The largest absolute Gasteiger partial charge is 0.349 e. The lowest BCUT2D eigenvalue weighted by Gasteiger charge is -2.22. The lowest BCUT2D eigenvalue weighted by Crippen LogP contribution is -2.37. The van der Waals surface area contributed by atoms with Crippen molar-refractivity contribution >= 4 is 17.6 Å². The van der Waals surface area contributed by atoms with Crippen molar-refractivity contribution in [3.8, 4) is 0 Å². The van der Waals surface area contributed by atoms with Crippen molar-refractivity contribution < 1.29 is 18.4 Å². The van der Waals surface area contributed by atoms with E-state index in [0.717, 1.165) is 30.9 Å². The Morgan fingerprint density at radius 1 is 1.00 bits per heavy atom. The highest BCUT2D eigenvalue weighted by Crippen LogP contribution is 2.16. The van der Waals surface area contributed by atoms with E-state index in [4.69, 9.17) is 0 Å². The molecule has 42 heavy (non-hydrogen) atoms. The first-order chi connectivity index (χ1) is 20.1. The van der Waals surface area contributed by atoms with Crippen molar-refractivity contribution in [2.24, 2.45) is 4.99 Å². The van der Waals surface area contributed by atoms with Crippen LogP contribution in [0.15, 0.2) is 65.8 Å². The van der Waals surface area contributed by atoms with Crippen LogP contribution in [0.25, 0.3) is 0 Å². The van der Waals surface area contributed by atoms with E-state index in [1.165, 1.54) is 17.7 Å². The summed E-state index contributed by atoms with van der Waals surface area (Å²) in [4.78, 5) is 33.1. The average molecular weight is 581 g/mol. The molecule has 1 atom stereocenters. The standard InChI is InChI=1S/C34H46F2N4O2/c1-7-14-40(15-8-2)34(42)28-17-25(6)16-27(22-28)33(41)39-31(21-26-19-29(35)23-30(36)20-26)12-11-13-38-32(37-10-4)18-24(5)9-3/h10,16-20,22-23,31H,4,7-9,11-15,21H2,1-3,5-6H3,(H,37,38)(H,39,41)/b24-18+. The number of aliphatic imine (C=N–C) groups is 1. The van der Waals surface area contributed by atoms with Gasteiger partial charge in [0.1, 0.15) is 17.5 Å². The molecule has 1 unspecified atom stereocenters. The number of nitrogens with zero attached hydrogens (tertiary/aromatic N) is 2. The quantitative estimate of drug-likeness (QED) is 0.126. The van der Waals surface area contributed by atoms with E-state index in [1.54, 1.807) is 24.4 Å². The number of halogens is 2.